The van der Waals surface area contributed by atoms with Crippen molar-refractivity contribution in [3.8, 4) is 5.88 Å². The van der Waals surface area contributed by atoms with Crippen molar-refractivity contribution in [3.63, 3.8) is 0 Å². The standard InChI is InChI=1S/C18H22F2N4O3S2/c1-18(2,3)27-15-10-14(23-29(25,26)24-8-5-9-24)21-17(22-15)28-11-12-6-4-7-13(19)16(12)20/h4,6-7,10H,5,8-9,11H2,1-3H3,(H,21,22,23). The number of aromatic nitrogens is 2. The van der Waals surface area contributed by atoms with Gasteiger partial charge >= 0.3 is 10.2 Å². The van der Waals surface area contributed by atoms with Crippen LogP contribution in [0.4, 0.5) is 14.6 Å². The molecule has 1 saturated heterocycles. The molecular weight excluding hydrogens is 422 g/mol. The van der Waals surface area contributed by atoms with E-state index in [1.165, 1.54) is 22.5 Å². The highest BCUT2D eigenvalue weighted by Gasteiger charge is 2.28. The van der Waals surface area contributed by atoms with Crippen LogP contribution in [0.1, 0.15) is 32.8 Å². The topological polar surface area (TPSA) is 84.4 Å². The highest BCUT2D eigenvalue weighted by Crippen LogP contribution is 2.28. The first-order chi connectivity index (χ1) is 13.5. The lowest BCUT2D eigenvalue weighted by Crippen LogP contribution is -2.45. The highest BCUT2D eigenvalue weighted by atomic mass is 32.2. The van der Waals surface area contributed by atoms with Crippen molar-refractivity contribution >= 4 is 27.8 Å². The van der Waals surface area contributed by atoms with Crippen LogP contribution in [-0.2, 0) is 16.0 Å². The molecule has 1 aliphatic rings. The summed E-state index contributed by atoms with van der Waals surface area (Å²) in [5, 5.41) is 0.178. The van der Waals surface area contributed by atoms with Gasteiger partial charge in [-0.25, -0.2) is 13.8 Å². The largest absolute Gasteiger partial charge is 0.472 e. The minimum atomic E-state index is -3.71. The Morgan fingerprint density at radius 3 is 2.59 bits per heavy atom. The average molecular weight is 445 g/mol. The third kappa shape index (κ3) is 5.77. The molecule has 0 amide bonds. The Hall–Kier alpha value is -1.98. The Kier molecular flexibility index (Phi) is 6.30. The van der Waals surface area contributed by atoms with Crippen molar-refractivity contribution < 1.29 is 21.9 Å². The van der Waals surface area contributed by atoms with Crippen molar-refractivity contribution in [1.82, 2.24) is 14.3 Å². The molecule has 1 fully saturated rings. The molecule has 0 bridgehead atoms. The van der Waals surface area contributed by atoms with E-state index in [9.17, 15) is 17.2 Å². The second kappa shape index (κ2) is 8.41. The summed E-state index contributed by atoms with van der Waals surface area (Å²) in [6.45, 7) is 6.38. The summed E-state index contributed by atoms with van der Waals surface area (Å²) in [5.74, 6) is -1.57. The number of thioether (sulfide) groups is 1. The fraction of sp³-hybridized carbons (Fsp3) is 0.444. The molecule has 29 heavy (non-hydrogen) atoms. The van der Waals surface area contributed by atoms with Crippen LogP contribution in [0.25, 0.3) is 0 Å². The van der Waals surface area contributed by atoms with E-state index in [2.05, 4.69) is 14.7 Å². The Labute approximate surface area is 173 Å². The second-order valence-corrected chi connectivity index (χ2v) is 10.1. The van der Waals surface area contributed by atoms with Gasteiger partial charge in [0.15, 0.2) is 16.8 Å². The summed E-state index contributed by atoms with van der Waals surface area (Å²) in [7, 11) is -3.71. The number of halogens is 2. The molecule has 3 rings (SSSR count). The third-order valence-corrected chi connectivity index (χ3v) is 6.28. The van der Waals surface area contributed by atoms with Gasteiger partial charge in [-0.15, -0.1) is 0 Å². The van der Waals surface area contributed by atoms with Gasteiger partial charge in [0.2, 0.25) is 5.88 Å². The molecule has 2 heterocycles. The maximum Gasteiger partial charge on any atom is 0.302 e. The maximum absolute atomic E-state index is 13.9. The summed E-state index contributed by atoms with van der Waals surface area (Å²) >= 11 is 1.05. The first-order valence-corrected chi connectivity index (χ1v) is 11.4. The lowest BCUT2D eigenvalue weighted by molar-refractivity contribution is 0.123. The monoisotopic (exact) mass is 444 g/mol. The molecule has 0 saturated carbocycles. The normalized spacial score (nSPS) is 15.1. The van der Waals surface area contributed by atoms with Gasteiger partial charge < -0.3 is 4.74 Å². The van der Waals surface area contributed by atoms with Crippen LogP contribution < -0.4 is 9.46 Å². The van der Waals surface area contributed by atoms with Crippen LogP contribution in [-0.4, -0.2) is 41.4 Å². The van der Waals surface area contributed by atoms with Crippen LogP contribution >= 0.6 is 11.8 Å². The van der Waals surface area contributed by atoms with Crippen molar-refractivity contribution in [2.75, 3.05) is 17.8 Å². The van der Waals surface area contributed by atoms with E-state index in [0.717, 1.165) is 24.2 Å². The Balaban J connectivity index is 1.84. The van der Waals surface area contributed by atoms with Gasteiger partial charge in [0.1, 0.15) is 11.4 Å². The molecule has 0 atom stereocenters. The molecule has 1 aromatic heterocycles. The predicted octanol–water partition coefficient (Wildman–Crippen LogP) is 3.59. The number of benzene rings is 1. The van der Waals surface area contributed by atoms with E-state index in [-0.39, 0.29) is 28.2 Å². The van der Waals surface area contributed by atoms with Gasteiger partial charge in [0.25, 0.3) is 0 Å². The summed E-state index contributed by atoms with van der Waals surface area (Å²) in [6.07, 6.45) is 0.809. The average Bonchev–Trinajstić information content (AvgIpc) is 2.51. The molecule has 0 radical (unpaired) electrons. The van der Waals surface area contributed by atoms with Crippen LogP contribution in [0.5, 0.6) is 5.88 Å². The second-order valence-electron chi connectivity index (χ2n) is 7.45. The van der Waals surface area contributed by atoms with Crippen LogP contribution in [0.2, 0.25) is 0 Å². The Morgan fingerprint density at radius 2 is 1.97 bits per heavy atom. The minimum absolute atomic E-state index is 0.0494. The number of hydrogen-bond acceptors (Lipinski definition) is 6. The lowest BCUT2D eigenvalue weighted by atomic mass is 10.2. The van der Waals surface area contributed by atoms with Gasteiger partial charge in [-0.3, -0.25) is 4.72 Å². The Morgan fingerprint density at radius 1 is 1.24 bits per heavy atom. The summed E-state index contributed by atoms with van der Waals surface area (Å²) < 4.78 is 61.5. The van der Waals surface area contributed by atoms with E-state index >= 15 is 0 Å². The Bertz CT molecular complexity index is 993. The van der Waals surface area contributed by atoms with E-state index < -0.39 is 27.4 Å². The SMILES string of the molecule is CC(C)(C)Oc1cc(NS(=O)(=O)N2CCC2)nc(SCc2cccc(F)c2F)n1. The van der Waals surface area contributed by atoms with E-state index in [1.807, 2.05) is 20.8 Å². The van der Waals surface area contributed by atoms with E-state index in [0.29, 0.717) is 13.1 Å². The van der Waals surface area contributed by atoms with E-state index in [1.54, 1.807) is 0 Å². The number of anilines is 1. The van der Waals surface area contributed by atoms with Crippen molar-refractivity contribution in [3.05, 3.63) is 41.5 Å². The fourth-order valence-corrected chi connectivity index (χ4v) is 4.47. The smallest absolute Gasteiger partial charge is 0.302 e. The third-order valence-electron chi connectivity index (χ3n) is 3.87. The maximum atomic E-state index is 13.9. The molecule has 0 spiro atoms. The van der Waals surface area contributed by atoms with Gasteiger partial charge in [-0.1, -0.05) is 23.9 Å². The van der Waals surface area contributed by atoms with Crippen LogP contribution in [0, 0.1) is 11.6 Å². The lowest BCUT2D eigenvalue weighted by Gasteiger charge is -2.29. The van der Waals surface area contributed by atoms with Gasteiger partial charge in [-0.2, -0.15) is 17.7 Å². The minimum Gasteiger partial charge on any atom is -0.472 e. The molecular formula is C18H22F2N4O3S2. The predicted molar refractivity (Wildman–Crippen MR) is 107 cm³/mol. The van der Waals surface area contributed by atoms with Crippen LogP contribution in [0.3, 0.4) is 0 Å². The number of nitrogens with zero attached hydrogens (tertiary/aromatic N) is 3. The van der Waals surface area contributed by atoms with Crippen molar-refractivity contribution in [2.45, 2.75) is 43.7 Å². The first-order valence-electron chi connectivity index (χ1n) is 8.95. The summed E-state index contributed by atoms with van der Waals surface area (Å²) in [6, 6.07) is 5.32. The molecule has 11 heteroatoms. The summed E-state index contributed by atoms with van der Waals surface area (Å²) in [5.41, 5.74) is -0.415. The molecule has 0 unspecified atom stereocenters. The fourth-order valence-electron chi connectivity index (χ4n) is 2.41. The van der Waals surface area contributed by atoms with Gasteiger partial charge in [0, 0.05) is 30.5 Å². The molecule has 158 valence electrons. The van der Waals surface area contributed by atoms with Crippen LogP contribution in [0.15, 0.2) is 29.4 Å². The molecule has 2 aromatic rings. The molecule has 1 N–H and O–H groups in total. The number of hydrogen-bond donors (Lipinski definition) is 1. The zero-order valence-corrected chi connectivity index (χ0v) is 17.9. The van der Waals surface area contributed by atoms with E-state index in [4.69, 9.17) is 4.74 Å². The number of nitrogens with one attached hydrogen (secondary N) is 1. The molecule has 0 aliphatic carbocycles. The molecule has 7 nitrogen and oxygen atoms in total. The molecule has 1 aromatic carbocycles. The zero-order valence-electron chi connectivity index (χ0n) is 16.3. The van der Waals surface area contributed by atoms with Gasteiger partial charge in [-0.05, 0) is 33.3 Å². The highest BCUT2D eigenvalue weighted by molar-refractivity contribution is 7.98. The van der Waals surface area contributed by atoms with Crippen molar-refractivity contribution in [1.29, 1.82) is 0 Å². The number of rotatable bonds is 7. The zero-order chi connectivity index (χ0) is 21.2. The van der Waals surface area contributed by atoms with Gasteiger partial charge in [0.05, 0.1) is 0 Å². The number of ether oxygens (including phenoxy) is 1. The summed E-state index contributed by atoms with van der Waals surface area (Å²) in [4.78, 5) is 8.46. The first kappa shape index (κ1) is 21.7. The quantitative estimate of drug-likeness (QED) is 0.519. The molecule has 1 aliphatic heterocycles. The van der Waals surface area contributed by atoms with Crippen molar-refractivity contribution in [2.24, 2.45) is 0 Å².